The first kappa shape index (κ1) is 24.8. The molecule has 1 aliphatic rings. The Labute approximate surface area is 206 Å². The van der Waals surface area contributed by atoms with E-state index in [4.69, 9.17) is 4.42 Å². The third kappa shape index (κ3) is 5.31. The van der Waals surface area contributed by atoms with Crippen LogP contribution in [-0.4, -0.2) is 21.4 Å². The van der Waals surface area contributed by atoms with Gasteiger partial charge in [-0.15, -0.1) is 0 Å². The Balaban J connectivity index is 1.30. The Morgan fingerprint density at radius 3 is 2.32 bits per heavy atom. The molecule has 0 atom stereocenters. The standard InChI is InChI=1S/C26H19F6N3O2/c27-25(28,29)17-6-4-15(5-7-17)23-33-21-10-11-35(14-20(21)24(36)34-23)13-19-8-9-22(37-19)16-2-1-3-18(12-16)26(30,31)32/h1-9,12H,10-11,13-14H2,(H,33,34,36). The van der Waals surface area contributed by atoms with E-state index < -0.39 is 23.5 Å². The molecule has 2 aromatic heterocycles. The number of alkyl halides is 6. The van der Waals surface area contributed by atoms with Crippen molar-refractivity contribution < 1.29 is 30.8 Å². The van der Waals surface area contributed by atoms with E-state index in [0.29, 0.717) is 53.4 Å². The molecule has 5 rings (SSSR count). The fourth-order valence-corrected chi connectivity index (χ4v) is 4.26. The van der Waals surface area contributed by atoms with Gasteiger partial charge in [-0.05, 0) is 36.4 Å². The molecule has 1 N–H and O–H groups in total. The molecule has 0 saturated carbocycles. The van der Waals surface area contributed by atoms with Crippen LogP contribution in [0.15, 0.2) is 69.9 Å². The van der Waals surface area contributed by atoms with Crippen molar-refractivity contribution in [2.24, 2.45) is 0 Å². The van der Waals surface area contributed by atoms with Crippen LogP contribution in [-0.2, 0) is 31.9 Å². The number of nitrogens with one attached hydrogen (secondary N) is 1. The van der Waals surface area contributed by atoms with Crippen molar-refractivity contribution in [1.82, 2.24) is 14.9 Å². The summed E-state index contributed by atoms with van der Waals surface area (Å²) in [4.78, 5) is 21.8. The summed E-state index contributed by atoms with van der Waals surface area (Å²) in [6.45, 7) is 1.14. The van der Waals surface area contributed by atoms with E-state index in [9.17, 15) is 31.1 Å². The number of furan rings is 1. The maximum absolute atomic E-state index is 13.0. The average molecular weight is 519 g/mol. The molecule has 0 amide bonds. The van der Waals surface area contributed by atoms with Crippen molar-refractivity contribution in [3.05, 3.63) is 99.2 Å². The van der Waals surface area contributed by atoms with Gasteiger partial charge in [-0.1, -0.05) is 24.3 Å². The Bertz CT molecular complexity index is 1490. The summed E-state index contributed by atoms with van der Waals surface area (Å²) >= 11 is 0. The van der Waals surface area contributed by atoms with Crippen molar-refractivity contribution >= 4 is 0 Å². The number of H-pyrrole nitrogens is 1. The van der Waals surface area contributed by atoms with Gasteiger partial charge in [0.2, 0.25) is 0 Å². The highest BCUT2D eigenvalue weighted by molar-refractivity contribution is 5.59. The van der Waals surface area contributed by atoms with Gasteiger partial charge in [0.15, 0.2) is 0 Å². The van der Waals surface area contributed by atoms with Crippen LogP contribution >= 0.6 is 0 Å². The van der Waals surface area contributed by atoms with Crippen LogP contribution in [0.25, 0.3) is 22.7 Å². The third-order valence-corrected chi connectivity index (χ3v) is 6.15. The molecule has 0 radical (unpaired) electrons. The minimum atomic E-state index is -4.46. The number of rotatable bonds is 4. The fraction of sp³-hybridized carbons (Fsp3) is 0.231. The minimum Gasteiger partial charge on any atom is -0.460 e. The molecule has 0 fully saturated rings. The van der Waals surface area contributed by atoms with Gasteiger partial charge in [0, 0.05) is 30.6 Å². The van der Waals surface area contributed by atoms with Gasteiger partial charge in [0.1, 0.15) is 17.3 Å². The fourth-order valence-electron chi connectivity index (χ4n) is 4.26. The molecule has 0 aliphatic carbocycles. The molecule has 0 saturated heterocycles. The number of aromatic nitrogens is 2. The summed E-state index contributed by atoms with van der Waals surface area (Å²) < 4.78 is 83.3. The van der Waals surface area contributed by atoms with Crippen molar-refractivity contribution in [3.8, 4) is 22.7 Å². The number of benzene rings is 2. The highest BCUT2D eigenvalue weighted by Gasteiger charge is 2.31. The van der Waals surface area contributed by atoms with Gasteiger partial charge in [0.25, 0.3) is 5.56 Å². The molecule has 0 spiro atoms. The molecule has 11 heteroatoms. The van der Waals surface area contributed by atoms with E-state index in [-0.39, 0.29) is 17.9 Å². The van der Waals surface area contributed by atoms with Gasteiger partial charge in [0.05, 0.1) is 28.9 Å². The first-order valence-electron chi connectivity index (χ1n) is 11.3. The van der Waals surface area contributed by atoms with E-state index in [1.165, 1.54) is 24.3 Å². The summed E-state index contributed by atoms with van der Waals surface area (Å²) in [6.07, 6.45) is -8.48. The Morgan fingerprint density at radius 2 is 1.62 bits per heavy atom. The SMILES string of the molecule is O=c1[nH]c(-c2ccc(C(F)(F)F)cc2)nc2c1CN(Cc1ccc(-c3cccc(C(F)(F)F)c3)o1)CC2. The third-order valence-electron chi connectivity index (χ3n) is 6.15. The van der Waals surface area contributed by atoms with E-state index >= 15 is 0 Å². The molecular formula is C26H19F6N3O2. The summed E-state index contributed by atoms with van der Waals surface area (Å²) in [6, 6.07) is 12.6. The normalized spacial score (nSPS) is 14.5. The van der Waals surface area contributed by atoms with Crippen LogP contribution in [0.3, 0.4) is 0 Å². The van der Waals surface area contributed by atoms with Crippen LogP contribution < -0.4 is 5.56 Å². The maximum Gasteiger partial charge on any atom is 0.416 e. The molecule has 5 nitrogen and oxygen atoms in total. The number of hydrogen-bond donors (Lipinski definition) is 1. The lowest BCUT2D eigenvalue weighted by molar-refractivity contribution is -0.138. The van der Waals surface area contributed by atoms with Gasteiger partial charge in [-0.25, -0.2) is 4.98 Å². The first-order valence-corrected chi connectivity index (χ1v) is 11.3. The van der Waals surface area contributed by atoms with Gasteiger partial charge >= 0.3 is 12.4 Å². The monoisotopic (exact) mass is 519 g/mol. The lowest BCUT2D eigenvalue weighted by Crippen LogP contribution is -2.35. The number of fused-ring (bicyclic) bond motifs is 1. The Kier molecular flexibility index (Phi) is 6.18. The topological polar surface area (TPSA) is 62.1 Å². The number of aromatic amines is 1. The number of halogens is 6. The van der Waals surface area contributed by atoms with E-state index in [1.807, 2.05) is 4.90 Å². The van der Waals surface area contributed by atoms with Crippen LogP contribution in [0.1, 0.15) is 28.1 Å². The summed E-state index contributed by atoms with van der Waals surface area (Å²) in [5, 5.41) is 0. The molecular weight excluding hydrogens is 500 g/mol. The van der Waals surface area contributed by atoms with Gasteiger partial charge < -0.3 is 9.40 Å². The second-order valence-corrected chi connectivity index (χ2v) is 8.72. The van der Waals surface area contributed by atoms with Crippen LogP contribution in [0.4, 0.5) is 26.3 Å². The summed E-state index contributed by atoms with van der Waals surface area (Å²) in [5.41, 5.74) is -0.242. The second-order valence-electron chi connectivity index (χ2n) is 8.72. The van der Waals surface area contributed by atoms with Gasteiger partial charge in [-0.2, -0.15) is 26.3 Å². The molecule has 2 aromatic carbocycles. The van der Waals surface area contributed by atoms with Gasteiger partial charge in [-0.3, -0.25) is 9.69 Å². The van der Waals surface area contributed by atoms with E-state index in [1.54, 1.807) is 12.1 Å². The zero-order valence-corrected chi connectivity index (χ0v) is 19.1. The second kappa shape index (κ2) is 9.22. The molecule has 1 aliphatic heterocycles. The highest BCUT2D eigenvalue weighted by atomic mass is 19.4. The van der Waals surface area contributed by atoms with Crippen LogP contribution in [0.5, 0.6) is 0 Å². The lowest BCUT2D eigenvalue weighted by Gasteiger charge is -2.26. The highest BCUT2D eigenvalue weighted by Crippen LogP contribution is 2.33. The average Bonchev–Trinajstić information content (AvgIpc) is 3.32. The smallest absolute Gasteiger partial charge is 0.416 e. The predicted octanol–water partition coefficient (Wildman–Crippen LogP) is 6.29. The Morgan fingerprint density at radius 1 is 0.892 bits per heavy atom. The molecule has 37 heavy (non-hydrogen) atoms. The molecule has 0 unspecified atom stereocenters. The minimum absolute atomic E-state index is 0.197. The predicted molar refractivity (Wildman–Crippen MR) is 122 cm³/mol. The van der Waals surface area contributed by atoms with E-state index in [2.05, 4.69) is 9.97 Å². The lowest BCUT2D eigenvalue weighted by atomic mass is 10.1. The Hall–Kier alpha value is -3.86. The first-order chi connectivity index (χ1) is 17.5. The molecule has 3 heterocycles. The molecule has 4 aromatic rings. The summed E-state index contributed by atoms with van der Waals surface area (Å²) in [5.74, 6) is 1.03. The quantitative estimate of drug-likeness (QED) is 0.322. The number of hydrogen-bond acceptors (Lipinski definition) is 4. The zero-order valence-electron chi connectivity index (χ0n) is 19.1. The number of nitrogens with zero attached hydrogens (tertiary/aromatic N) is 2. The van der Waals surface area contributed by atoms with E-state index in [0.717, 1.165) is 24.3 Å². The zero-order chi connectivity index (χ0) is 26.4. The molecule has 192 valence electrons. The van der Waals surface area contributed by atoms with Crippen LogP contribution in [0.2, 0.25) is 0 Å². The van der Waals surface area contributed by atoms with Crippen molar-refractivity contribution in [2.45, 2.75) is 31.9 Å². The van der Waals surface area contributed by atoms with Crippen LogP contribution in [0, 0.1) is 0 Å². The molecule has 0 bridgehead atoms. The largest absolute Gasteiger partial charge is 0.460 e. The van der Waals surface area contributed by atoms with Crippen molar-refractivity contribution in [3.63, 3.8) is 0 Å². The van der Waals surface area contributed by atoms with Crippen molar-refractivity contribution in [1.29, 1.82) is 0 Å². The summed E-state index contributed by atoms with van der Waals surface area (Å²) in [7, 11) is 0. The maximum atomic E-state index is 13.0. The van der Waals surface area contributed by atoms with Crippen molar-refractivity contribution in [2.75, 3.05) is 6.54 Å².